The van der Waals surface area contributed by atoms with Crippen LogP contribution in [0, 0.1) is 6.92 Å². The standard InChI is InChI=1S/C9H10N4O/c1-6-5-8(13-10)12-9(11-6)7-3-2-4-14-7/h2-5H,10H2,1H3,(H,11,12,13). The summed E-state index contributed by atoms with van der Waals surface area (Å²) in [7, 11) is 0. The number of nitrogen functional groups attached to an aromatic ring is 1. The average Bonchev–Trinajstić information content (AvgIpc) is 2.69. The second kappa shape index (κ2) is 3.47. The molecule has 0 aliphatic rings. The van der Waals surface area contributed by atoms with Crippen LogP contribution in [0.2, 0.25) is 0 Å². The first-order valence-corrected chi connectivity index (χ1v) is 4.16. The minimum absolute atomic E-state index is 0.531. The molecule has 2 aromatic rings. The molecule has 0 bridgehead atoms. The summed E-state index contributed by atoms with van der Waals surface area (Å²) in [5, 5.41) is 0. The Labute approximate surface area is 80.9 Å². The molecule has 0 saturated carbocycles. The number of aryl methyl sites for hydroxylation is 1. The van der Waals surface area contributed by atoms with E-state index in [4.69, 9.17) is 10.3 Å². The van der Waals surface area contributed by atoms with E-state index in [1.807, 2.05) is 6.92 Å². The van der Waals surface area contributed by atoms with E-state index in [1.165, 1.54) is 0 Å². The third-order valence-electron chi connectivity index (χ3n) is 1.74. The van der Waals surface area contributed by atoms with Gasteiger partial charge in [0.2, 0.25) is 0 Å². The molecule has 5 nitrogen and oxygen atoms in total. The van der Waals surface area contributed by atoms with Gasteiger partial charge in [0.05, 0.1) is 6.26 Å². The van der Waals surface area contributed by atoms with E-state index < -0.39 is 0 Å². The van der Waals surface area contributed by atoms with Crippen LogP contribution in [0.5, 0.6) is 0 Å². The SMILES string of the molecule is Cc1cc(NN)nc(-c2ccco2)n1. The summed E-state index contributed by atoms with van der Waals surface area (Å²) in [6.07, 6.45) is 1.58. The molecule has 3 N–H and O–H groups in total. The highest BCUT2D eigenvalue weighted by Crippen LogP contribution is 2.17. The number of nitrogens with one attached hydrogen (secondary N) is 1. The number of nitrogens with zero attached hydrogens (tertiary/aromatic N) is 2. The van der Waals surface area contributed by atoms with E-state index >= 15 is 0 Å². The van der Waals surface area contributed by atoms with Crippen LogP contribution in [0.4, 0.5) is 5.82 Å². The van der Waals surface area contributed by atoms with Gasteiger partial charge < -0.3 is 9.84 Å². The monoisotopic (exact) mass is 190 g/mol. The van der Waals surface area contributed by atoms with E-state index in [0.29, 0.717) is 17.4 Å². The molecule has 0 spiro atoms. The number of aromatic nitrogens is 2. The molecule has 14 heavy (non-hydrogen) atoms. The van der Waals surface area contributed by atoms with Gasteiger partial charge in [-0.05, 0) is 19.1 Å². The Hall–Kier alpha value is -1.88. The number of hydrogen-bond acceptors (Lipinski definition) is 5. The molecule has 0 aliphatic heterocycles. The summed E-state index contributed by atoms with van der Waals surface area (Å²) >= 11 is 0. The molecule has 5 heteroatoms. The predicted octanol–water partition coefficient (Wildman–Crippen LogP) is 1.33. The van der Waals surface area contributed by atoms with Gasteiger partial charge in [0.25, 0.3) is 0 Å². The minimum atomic E-state index is 0.531. The Morgan fingerprint density at radius 3 is 2.93 bits per heavy atom. The minimum Gasteiger partial charge on any atom is -0.461 e. The zero-order valence-corrected chi connectivity index (χ0v) is 7.69. The zero-order chi connectivity index (χ0) is 9.97. The van der Waals surface area contributed by atoms with Crippen molar-refractivity contribution in [2.24, 2.45) is 5.84 Å². The van der Waals surface area contributed by atoms with Gasteiger partial charge in [-0.1, -0.05) is 0 Å². The normalized spacial score (nSPS) is 10.1. The van der Waals surface area contributed by atoms with Crippen molar-refractivity contribution in [3.8, 4) is 11.6 Å². The lowest BCUT2D eigenvalue weighted by Gasteiger charge is -2.02. The summed E-state index contributed by atoms with van der Waals surface area (Å²) in [5.74, 6) is 7.00. The number of rotatable bonds is 2. The Balaban J connectivity index is 2.48. The lowest BCUT2D eigenvalue weighted by molar-refractivity contribution is 0.577. The average molecular weight is 190 g/mol. The van der Waals surface area contributed by atoms with Crippen molar-refractivity contribution >= 4 is 5.82 Å². The first-order valence-electron chi connectivity index (χ1n) is 4.16. The van der Waals surface area contributed by atoms with Crippen molar-refractivity contribution in [3.05, 3.63) is 30.2 Å². The van der Waals surface area contributed by atoms with E-state index in [1.54, 1.807) is 24.5 Å². The van der Waals surface area contributed by atoms with E-state index in [9.17, 15) is 0 Å². The van der Waals surface area contributed by atoms with Gasteiger partial charge in [0, 0.05) is 11.8 Å². The summed E-state index contributed by atoms with van der Waals surface area (Å²) in [6, 6.07) is 5.35. The fraction of sp³-hybridized carbons (Fsp3) is 0.111. The lowest BCUT2D eigenvalue weighted by atomic mass is 10.3. The number of hydrazine groups is 1. The molecule has 0 radical (unpaired) electrons. The Bertz CT molecular complexity index is 424. The van der Waals surface area contributed by atoms with Crippen LogP contribution in [0.3, 0.4) is 0 Å². The van der Waals surface area contributed by atoms with Gasteiger partial charge in [-0.15, -0.1) is 0 Å². The second-order valence-electron chi connectivity index (χ2n) is 2.84. The highest BCUT2D eigenvalue weighted by atomic mass is 16.3. The molecule has 0 fully saturated rings. The Morgan fingerprint density at radius 2 is 2.29 bits per heavy atom. The van der Waals surface area contributed by atoms with Gasteiger partial charge in [-0.25, -0.2) is 15.8 Å². The molecule has 0 unspecified atom stereocenters. The molecule has 0 aromatic carbocycles. The first-order chi connectivity index (χ1) is 6.79. The molecule has 0 aliphatic carbocycles. The summed E-state index contributed by atoms with van der Waals surface area (Å²) in [6.45, 7) is 1.87. The van der Waals surface area contributed by atoms with Crippen LogP contribution >= 0.6 is 0 Å². The molecule has 2 heterocycles. The van der Waals surface area contributed by atoms with Gasteiger partial charge in [0.15, 0.2) is 11.6 Å². The lowest BCUT2D eigenvalue weighted by Crippen LogP contribution is -2.09. The zero-order valence-electron chi connectivity index (χ0n) is 7.69. The number of furan rings is 1. The van der Waals surface area contributed by atoms with Crippen LogP contribution in [-0.2, 0) is 0 Å². The predicted molar refractivity (Wildman–Crippen MR) is 52.3 cm³/mol. The topological polar surface area (TPSA) is 77.0 Å². The smallest absolute Gasteiger partial charge is 0.197 e. The van der Waals surface area contributed by atoms with Crippen LogP contribution in [-0.4, -0.2) is 9.97 Å². The van der Waals surface area contributed by atoms with Gasteiger partial charge in [-0.2, -0.15) is 0 Å². The molecule has 0 saturated heterocycles. The fourth-order valence-electron chi connectivity index (χ4n) is 1.16. The van der Waals surface area contributed by atoms with Crippen LogP contribution in [0.25, 0.3) is 11.6 Å². The maximum absolute atomic E-state index is 5.27. The molecular weight excluding hydrogens is 180 g/mol. The highest BCUT2D eigenvalue weighted by Gasteiger charge is 2.06. The van der Waals surface area contributed by atoms with Crippen LogP contribution in [0.15, 0.2) is 28.9 Å². The van der Waals surface area contributed by atoms with Gasteiger partial charge in [-0.3, -0.25) is 0 Å². The molecule has 0 atom stereocenters. The summed E-state index contributed by atoms with van der Waals surface area (Å²) in [4.78, 5) is 8.38. The van der Waals surface area contributed by atoms with Crippen molar-refractivity contribution in [1.82, 2.24) is 9.97 Å². The van der Waals surface area contributed by atoms with E-state index in [2.05, 4.69) is 15.4 Å². The van der Waals surface area contributed by atoms with Crippen molar-refractivity contribution in [1.29, 1.82) is 0 Å². The van der Waals surface area contributed by atoms with Crippen molar-refractivity contribution in [2.45, 2.75) is 6.92 Å². The summed E-state index contributed by atoms with van der Waals surface area (Å²) < 4.78 is 5.18. The number of hydrogen-bond donors (Lipinski definition) is 2. The van der Waals surface area contributed by atoms with Gasteiger partial charge >= 0.3 is 0 Å². The maximum atomic E-state index is 5.27. The molecule has 2 rings (SSSR count). The quantitative estimate of drug-likeness (QED) is 0.551. The molecule has 72 valence electrons. The number of anilines is 1. The molecule has 2 aromatic heterocycles. The summed E-state index contributed by atoms with van der Waals surface area (Å²) in [5.41, 5.74) is 3.31. The maximum Gasteiger partial charge on any atom is 0.197 e. The molecular formula is C9H10N4O. The third kappa shape index (κ3) is 1.57. The number of nitrogens with two attached hydrogens (primary N) is 1. The first kappa shape index (κ1) is 8.71. The van der Waals surface area contributed by atoms with Crippen LogP contribution < -0.4 is 11.3 Å². The van der Waals surface area contributed by atoms with Gasteiger partial charge in [0.1, 0.15) is 5.82 Å². The third-order valence-corrected chi connectivity index (χ3v) is 1.74. The second-order valence-corrected chi connectivity index (χ2v) is 2.84. The van der Waals surface area contributed by atoms with Crippen molar-refractivity contribution in [3.63, 3.8) is 0 Å². The van der Waals surface area contributed by atoms with Crippen LogP contribution in [0.1, 0.15) is 5.69 Å². The Morgan fingerprint density at radius 1 is 1.43 bits per heavy atom. The molecule has 0 amide bonds. The highest BCUT2D eigenvalue weighted by molar-refractivity contribution is 5.50. The fourth-order valence-corrected chi connectivity index (χ4v) is 1.16. The van der Waals surface area contributed by atoms with Crippen molar-refractivity contribution in [2.75, 3.05) is 5.43 Å². The van der Waals surface area contributed by atoms with Crippen molar-refractivity contribution < 1.29 is 4.42 Å². The van der Waals surface area contributed by atoms with E-state index in [-0.39, 0.29) is 0 Å². The Kier molecular flexibility index (Phi) is 2.16. The largest absolute Gasteiger partial charge is 0.461 e. The van der Waals surface area contributed by atoms with E-state index in [0.717, 1.165) is 5.69 Å².